The maximum Gasteiger partial charge on any atom is 0.0517 e. The molecule has 1 aromatic carbocycles. The number of aliphatic carboxylic acids is 1. The second-order valence-corrected chi connectivity index (χ2v) is 7.37. The Kier molecular flexibility index (Phi) is 9.23. The fourth-order valence-corrected chi connectivity index (χ4v) is 3.53. The van der Waals surface area contributed by atoms with E-state index in [1.807, 2.05) is 30.3 Å². The van der Waals surface area contributed by atoms with Crippen LogP contribution < -0.4 is 11.3 Å². The summed E-state index contributed by atoms with van der Waals surface area (Å²) in [6.07, 6.45) is 4.46. The number of rotatable bonds is 10. The summed E-state index contributed by atoms with van der Waals surface area (Å²) in [5.41, 5.74) is -0.414. The molecule has 0 spiro atoms. The van der Waals surface area contributed by atoms with E-state index < -0.39 is 22.9 Å². The molecule has 138 valence electrons. The molecular formula is C20H35NO3. The van der Waals surface area contributed by atoms with Crippen LogP contribution in [0, 0.1) is 10.8 Å². The van der Waals surface area contributed by atoms with E-state index in [9.17, 15) is 15.0 Å². The Labute approximate surface area is 146 Å². The molecule has 24 heavy (non-hydrogen) atoms. The van der Waals surface area contributed by atoms with Gasteiger partial charge in [0.1, 0.15) is 0 Å². The summed E-state index contributed by atoms with van der Waals surface area (Å²) in [6, 6.07) is 9.96. The van der Waals surface area contributed by atoms with Gasteiger partial charge in [-0.05, 0) is 37.2 Å². The van der Waals surface area contributed by atoms with Crippen LogP contribution in [0.25, 0.3) is 0 Å². The normalized spacial score (nSPS) is 15.2. The zero-order chi connectivity index (χ0) is 17.5. The van der Waals surface area contributed by atoms with Crippen molar-refractivity contribution in [2.75, 3.05) is 0 Å². The minimum Gasteiger partial charge on any atom is -0.550 e. The Morgan fingerprint density at radius 3 is 2.25 bits per heavy atom. The van der Waals surface area contributed by atoms with Crippen molar-refractivity contribution >= 4 is 5.97 Å². The van der Waals surface area contributed by atoms with Crippen LogP contribution in [0.2, 0.25) is 0 Å². The summed E-state index contributed by atoms with van der Waals surface area (Å²) in [6.45, 7) is 7.38. The first-order chi connectivity index (χ1) is 10.7. The smallest absolute Gasteiger partial charge is 0.0517 e. The average molecular weight is 338 g/mol. The first-order valence-corrected chi connectivity index (χ1v) is 8.68. The van der Waals surface area contributed by atoms with Crippen LogP contribution in [-0.2, 0) is 11.2 Å². The number of carboxylic acid groups (broad SMARTS) is 1. The van der Waals surface area contributed by atoms with E-state index in [-0.39, 0.29) is 6.15 Å². The number of aliphatic hydroxyl groups is 1. The molecule has 0 aliphatic carbocycles. The molecule has 0 aliphatic rings. The van der Waals surface area contributed by atoms with Crippen LogP contribution in [-0.4, -0.2) is 17.2 Å². The Bertz CT molecular complexity index is 485. The third kappa shape index (κ3) is 5.60. The van der Waals surface area contributed by atoms with Gasteiger partial charge in [0.2, 0.25) is 0 Å². The third-order valence-corrected chi connectivity index (χ3v) is 5.17. The fourth-order valence-electron chi connectivity index (χ4n) is 3.53. The van der Waals surface area contributed by atoms with Crippen molar-refractivity contribution in [1.29, 1.82) is 0 Å². The number of unbranched alkanes of at least 4 members (excludes halogenated alkanes) is 2. The molecule has 0 saturated carbocycles. The van der Waals surface area contributed by atoms with E-state index >= 15 is 0 Å². The van der Waals surface area contributed by atoms with Crippen molar-refractivity contribution in [2.45, 2.75) is 72.3 Å². The minimum absolute atomic E-state index is 0. The van der Waals surface area contributed by atoms with E-state index in [2.05, 4.69) is 6.92 Å². The molecule has 0 heterocycles. The standard InChI is InChI=1S/C20H32O3.H3N/c1-5-6-10-13-20(14-16(2)21,19(3,4)18(22)23)15-17-11-8-7-9-12-17;/h7-9,11-12,16,21H,5-6,10,13-15H2,1-4H3,(H,22,23);1H3. The second-order valence-electron chi connectivity index (χ2n) is 7.37. The summed E-state index contributed by atoms with van der Waals surface area (Å²) in [7, 11) is 0. The van der Waals surface area contributed by atoms with Gasteiger partial charge in [-0.2, -0.15) is 0 Å². The Hall–Kier alpha value is -1.39. The molecule has 0 aromatic heterocycles. The predicted octanol–water partition coefficient (Wildman–Crippen LogP) is 3.72. The Morgan fingerprint density at radius 1 is 1.21 bits per heavy atom. The van der Waals surface area contributed by atoms with Crippen molar-refractivity contribution in [3.05, 3.63) is 35.9 Å². The number of aliphatic hydroxyl groups excluding tert-OH is 1. The number of carbonyl (C=O) groups excluding carboxylic acids is 1. The highest BCUT2D eigenvalue weighted by Crippen LogP contribution is 2.49. The number of carboxylic acids is 1. The summed E-state index contributed by atoms with van der Waals surface area (Å²) in [4.78, 5) is 11.9. The highest BCUT2D eigenvalue weighted by Gasteiger charge is 2.46. The lowest BCUT2D eigenvalue weighted by atomic mass is 9.57. The molecule has 0 aliphatic heterocycles. The summed E-state index contributed by atoms with van der Waals surface area (Å²) in [5.74, 6) is -1.04. The van der Waals surface area contributed by atoms with Gasteiger partial charge in [-0.1, -0.05) is 70.4 Å². The Morgan fingerprint density at radius 2 is 1.79 bits per heavy atom. The van der Waals surface area contributed by atoms with Crippen molar-refractivity contribution in [1.82, 2.24) is 6.15 Å². The molecule has 0 saturated heterocycles. The van der Waals surface area contributed by atoms with Crippen LogP contribution >= 0.6 is 0 Å². The van der Waals surface area contributed by atoms with E-state index in [0.29, 0.717) is 12.8 Å². The van der Waals surface area contributed by atoms with Crippen molar-refractivity contribution < 1.29 is 15.0 Å². The lowest BCUT2D eigenvalue weighted by molar-refractivity contribution is -0.324. The Balaban J connectivity index is 0.00000529. The third-order valence-electron chi connectivity index (χ3n) is 5.17. The average Bonchev–Trinajstić information content (AvgIpc) is 2.47. The molecule has 0 bridgehead atoms. The number of quaternary nitrogens is 1. The molecule has 1 aromatic rings. The van der Waals surface area contributed by atoms with Crippen molar-refractivity contribution in [2.24, 2.45) is 10.8 Å². The SMILES string of the molecule is CCCCCC(Cc1ccccc1)(CC(C)O)C(C)(C)C(=O)[O-].[NH4+]. The van der Waals surface area contributed by atoms with Crippen LogP contribution in [0.15, 0.2) is 30.3 Å². The van der Waals surface area contributed by atoms with Gasteiger partial charge in [0.05, 0.1) is 6.10 Å². The fraction of sp³-hybridized carbons (Fsp3) is 0.650. The van der Waals surface area contributed by atoms with Gasteiger partial charge in [0.15, 0.2) is 0 Å². The first-order valence-electron chi connectivity index (χ1n) is 8.68. The highest BCUT2D eigenvalue weighted by molar-refractivity contribution is 5.72. The van der Waals surface area contributed by atoms with E-state index in [0.717, 1.165) is 31.2 Å². The topological polar surface area (TPSA) is 96.9 Å². The molecule has 5 N–H and O–H groups in total. The minimum atomic E-state index is -1.04. The van der Waals surface area contributed by atoms with Crippen molar-refractivity contribution in [3.8, 4) is 0 Å². The largest absolute Gasteiger partial charge is 0.550 e. The monoisotopic (exact) mass is 337 g/mol. The van der Waals surface area contributed by atoms with Gasteiger partial charge in [-0.15, -0.1) is 0 Å². The van der Waals surface area contributed by atoms with Gasteiger partial charge in [0.25, 0.3) is 0 Å². The summed E-state index contributed by atoms with van der Waals surface area (Å²) < 4.78 is 0. The molecule has 4 heteroatoms. The quantitative estimate of drug-likeness (QED) is 0.637. The molecule has 4 nitrogen and oxygen atoms in total. The number of benzene rings is 1. The number of carbonyl (C=O) groups is 1. The molecule has 0 fully saturated rings. The summed E-state index contributed by atoms with van der Waals surface area (Å²) >= 11 is 0. The molecule has 1 rings (SSSR count). The maximum atomic E-state index is 11.9. The number of hydrogen-bond donors (Lipinski definition) is 2. The van der Waals surface area contributed by atoms with Crippen LogP contribution in [0.1, 0.15) is 65.4 Å². The van der Waals surface area contributed by atoms with E-state index in [1.54, 1.807) is 20.8 Å². The molecule has 0 amide bonds. The van der Waals surface area contributed by atoms with Gasteiger partial charge in [-0.25, -0.2) is 0 Å². The van der Waals surface area contributed by atoms with Crippen LogP contribution in [0.3, 0.4) is 0 Å². The van der Waals surface area contributed by atoms with E-state index in [4.69, 9.17) is 0 Å². The van der Waals surface area contributed by atoms with Crippen molar-refractivity contribution in [3.63, 3.8) is 0 Å². The maximum absolute atomic E-state index is 11.9. The second kappa shape index (κ2) is 9.80. The molecule has 0 radical (unpaired) electrons. The highest BCUT2D eigenvalue weighted by atomic mass is 16.4. The number of hydrogen-bond acceptors (Lipinski definition) is 3. The van der Waals surface area contributed by atoms with E-state index in [1.165, 1.54) is 0 Å². The lowest BCUT2D eigenvalue weighted by Gasteiger charge is -2.49. The predicted molar refractivity (Wildman–Crippen MR) is 97.8 cm³/mol. The summed E-state index contributed by atoms with van der Waals surface area (Å²) in [5, 5.41) is 21.9. The zero-order valence-corrected chi connectivity index (χ0v) is 16.0. The van der Waals surface area contributed by atoms with Gasteiger partial charge in [0, 0.05) is 11.4 Å². The lowest BCUT2D eigenvalue weighted by Crippen LogP contribution is -2.52. The molecular weight excluding hydrogens is 302 g/mol. The molecule has 2 atom stereocenters. The molecule has 2 unspecified atom stereocenters. The van der Waals surface area contributed by atoms with Crippen LogP contribution in [0.5, 0.6) is 0 Å². The van der Waals surface area contributed by atoms with Gasteiger partial charge in [-0.3, -0.25) is 0 Å². The van der Waals surface area contributed by atoms with Crippen LogP contribution in [0.4, 0.5) is 0 Å². The first kappa shape index (κ1) is 22.6. The zero-order valence-electron chi connectivity index (χ0n) is 16.0. The van der Waals surface area contributed by atoms with Gasteiger partial charge < -0.3 is 21.2 Å². The van der Waals surface area contributed by atoms with Gasteiger partial charge >= 0.3 is 0 Å².